The van der Waals surface area contributed by atoms with Crippen LogP contribution in [0.5, 0.6) is 0 Å². The van der Waals surface area contributed by atoms with Gasteiger partial charge in [0, 0.05) is 6.42 Å². The molecule has 0 saturated heterocycles. The molecular weight excluding hydrogens is 229 g/mol. The molecule has 82 valence electrons. The second-order valence-corrected chi connectivity index (χ2v) is 3.68. The van der Waals surface area contributed by atoms with Crippen molar-refractivity contribution in [3.63, 3.8) is 0 Å². The predicted molar refractivity (Wildman–Crippen MR) is 60.7 cm³/mol. The first-order chi connectivity index (χ1) is 7.65. The molecule has 1 aromatic carbocycles. The van der Waals surface area contributed by atoms with Gasteiger partial charge in [0.2, 0.25) is 5.28 Å². The number of benzene rings is 1. The molecule has 0 amide bonds. The Morgan fingerprint density at radius 1 is 1.25 bits per heavy atom. The average molecular weight is 238 g/mol. The Balaban J connectivity index is 2.26. The van der Waals surface area contributed by atoms with E-state index in [-0.39, 0.29) is 11.1 Å². The third-order valence-electron chi connectivity index (χ3n) is 2.16. The molecule has 0 fully saturated rings. The van der Waals surface area contributed by atoms with Crippen LogP contribution in [0.15, 0.2) is 30.5 Å². The summed E-state index contributed by atoms with van der Waals surface area (Å²) in [7, 11) is 0. The van der Waals surface area contributed by atoms with Crippen LogP contribution in [-0.4, -0.2) is 9.97 Å². The molecule has 3 nitrogen and oxygen atoms in total. The summed E-state index contributed by atoms with van der Waals surface area (Å²) in [6.07, 6.45) is 1.97. The number of aromatic nitrogens is 2. The van der Waals surface area contributed by atoms with Gasteiger partial charge in [-0.2, -0.15) is 0 Å². The van der Waals surface area contributed by atoms with Crippen molar-refractivity contribution in [2.75, 3.05) is 5.73 Å². The number of nitrogen functional groups attached to an aromatic ring is 1. The van der Waals surface area contributed by atoms with Gasteiger partial charge in [-0.15, -0.1) is 0 Å². The lowest BCUT2D eigenvalue weighted by Crippen LogP contribution is -2.01. The number of hydrogen-bond donors (Lipinski definition) is 1. The zero-order valence-corrected chi connectivity index (χ0v) is 9.08. The second-order valence-electron chi connectivity index (χ2n) is 3.34. The molecule has 0 aliphatic heterocycles. The summed E-state index contributed by atoms with van der Waals surface area (Å²) in [4.78, 5) is 7.79. The normalized spacial score (nSPS) is 10.4. The van der Waals surface area contributed by atoms with Crippen LogP contribution in [0.3, 0.4) is 0 Å². The lowest BCUT2D eigenvalue weighted by atomic mass is 10.1. The predicted octanol–water partition coefficient (Wildman–Crippen LogP) is 2.44. The summed E-state index contributed by atoms with van der Waals surface area (Å²) < 4.78 is 12.7. The average Bonchev–Trinajstić information content (AvgIpc) is 2.27. The summed E-state index contributed by atoms with van der Waals surface area (Å²) in [5, 5.41) is 0.159. The van der Waals surface area contributed by atoms with E-state index in [1.165, 1.54) is 18.3 Å². The first-order valence-corrected chi connectivity index (χ1v) is 5.04. The van der Waals surface area contributed by atoms with Crippen LogP contribution in [-0.2, 0) is 6.42 Å². The van der Waals surface area contributed by atoms with Crippen LogP contribution in [0.1, 0.15) is 11.3 Å². The van der Waals surface area contributed by atoms with Gasteiger partial charge in [0.25, 0.3) is 0 Å². The van der Waals surface area contributed by atoms with E-state index < -0.39 is 0 Å². The molecule has 0 aliphatic carbocycles. The maximum Gasteiger partial charge on any atom is 0.222 e. The third-order valence-corrected chi connectivity index (χ3v) is 2.34. The van der Waals surface area contributed by atoms with E-state index in [0.29, 0.717) is 17.8 Å². The van der Waals surface area contributed by atoms with Crippen molar-refractivity contribution in [2.45, 2.75) is 6.42 Å². The third kappa shape index (κ3) is 2.46. The molecule has 0 unspecified atom stereocenters. The SMILES string of the molecule is Nc1cnc(Cl)nc1Cc1ccc(F)cc1. The summed E-state index contributed by atoms with van der Waals surface area (Å²) >= 11 is 5.67. The first kappa shape index (κ1) is 10.8. The molecule has 5 heteroatoms. The topological polar surface area (TPSA) is 51.8 Å². The fraction of sp³-hybridized carbons (Fsp3) is 0.0909. The fourth-order valence-electron chi connectivity index (χ4n) is 1.34. The molecule has 0 saturated carbocycles. The van der Waals surface area contributed by atoms with Gasteiger partial charge in [0.05, 0.1) is 17.6 Å². The Kier molecular flexibility index (Phi) is 3.01. The highest BCUT2D eigenvalue weighted by Crippen LogP contribution is 2.15. The van der Waals surface area contributed by atoms with Crippen molar-refractivity contribution in [1.29, 1.82) is 0 Å². The van der Waals surface area contributed by atoms with Gasteiger partial charge in [0.1, 0.15) is 5.82 Å². The van der Waals surface area contributed by atoms with Crippen molar-refractivity contribution in [1.82, 2.24) is 9.97 Å². The minimum Gasteiger partial charge on any atom is -0.396 e. The number of anilines is 1. The van der Waals surface area contributed by atoms with Crippen LogP contribution >= 0.6 is 11.6 Å². The highest BCUT2D eigenvalue weighted by Gasteiger charge is 2.04. The highest BCUT2D eigenvalue weighted by molar-refractivity contribution is 6.28. The molecule has 0 spiro atoms. The fourth-order valence-corrected chi connectivity index (χ4v) is 1.49. The van der Waals surface area contributed by atoms with Crippen LogP contribution in [0.4, 0.5) is 10.1 Å². The lowest BCUT2D eigenvalue weighted by molar-refractivity contribution is 0.627. The zero-order chi connectivity index (χ0) is 11.5. The molecule has 2 N–H and O–H groups in total. The number of rotatable bonds is 2. The highest BCUT2D eigenvalue weighted by atomic mass is 35.5. The van der Waals surface area contributed by atoms with Gasteiger partial charge >= 0.3 is 0 Å². The first-order valence-electron chi connectivity index (χ1n) is 4.66. The Bertz CT molecular complexity index is 499. The van der Waals surface area contributed by atoms with Crippen LogP contribution in [0.2, 0.25) is 5.28 Å². The number of nitrogens with two attached hydrogens (primary N) is 1. The van der Waals surface area contributed by atoms with Gasteiger partial charge in [-0.05, 0) is 29.3 Å². The maximum absolute atomic E-state index is 12.7. The maximum atomic E-state index is 12.7. The quantitative estimate of drug-likeness (QED) is 0.817. The largest absolute Gasteiger partial charge is 0.396 e. The standard InChI is InChI=1S/C11H9ClFN3/c12-11-15-6-9(14)10(16-11)5-7-1-3-8(13)4-2-7/h1-4,6H,5,14H2. The summed E-state index contributed by atoms with van der Waals surface area (Å²) in [5.74, 6) is -0.266. The number of hydrogen-bond acceptors (Lipinski definition) is 3. The van der Waals surface area contributed by atoms with Crippen molar-refractivity contribution >= 4 is 17.3 Å². The lowest BCUT2D eigenvalue weighted by Gasteiger charge is -2.04. The molecular formula is C11H9ClFN3. The molecule has 1 aromatic heterocycles. The zero-order valence-electron chi connectivity index (χ0n) is 8.32. The van der Waals surface area contributed by atoms with Crippen LogP contribution in [0, 0.1) is 5.82 Å². The molecule has 0 radical (unpaired) electrons. The van der Waals surface area contributed by atoms with E-state index >= 15 is 0 Å². The molecule has 2 aromatic rings. The van der Waals surface area contributed by atoms with E-state index in [2.05, 4.69) is 9.97 Å². The van der Waals surface area contributed by atoms with E-state index in [1.54, 1.807) is 12.1 Å². The summed E-state index contributed by atoms with van der Waals surface area (Å²) in [6, 6.07) is 6.16. The second kappa shape index (κ2) is 4.45. The molecule has 0 bridgehead atoms. The Labute approximate surface area is 97.1 Å². The molecule has 0 atom stereocenters. The summed E-state index contributed by atoms with van der Waals surface area (Å²) in [5.41, 5.74) is 7.75. The van der Waals surface area contributed by atoms with Crippen LogP contribution in [0.25, 0.3) is 0 Å². The minimum absolute atomic E-state index is 0.159. The van der Waals surface area contributed by atoms with Gasteiger partial charge in [-0.1, -0.05) is 12.1 Å². The van der Waals surface area contributed by atoms with Gasteiger partial charge in [0.15, 0.2) is 0 Å². The molecule has 0 aliphatic rings. The number of halogens is 2. The Morgan fingerprint density at radius 3 is 2.62 bits per heavy atom. The Hall–Kier alpha value is -1.68. The van der Waals surface area contributed by atoms with Crippen LogP contribution < -0.4 is 5.73 Å². The minimum atomic E-state index is -0.266. The van der Waals surface area contributed by atoms with Gasteiger partial charge < -0.3 is 5.73 Å². The van der Waals surface area contributed by atoms with Crippen molar-refractivity contribution in [3.05, 3.63) is 52.8 Å². The van der Waals surface area contributed by atoms with E-state index in [1.807, 2.05) is 0 Å². The monoisotopic (exact) mass is 237 g/mol. The molecule has 16 heavy (non-hydrogen) atoms. The van der Waals surface area contributed by atoms with E-state index in [4.69, 9.17) is 17.3 Å². The summed E-state index contributed by atoms with van der Waals surface area (Å²) in [6.45, 7) is 0. The van der Waals surface area contributed by atoms with Crippen molar-refractivity contribution in [3.8, 4) is 0 Å². The van der Waals surface area contributed by atoms with E-state index in [0.717, 1.165) is 5.56 Å². The molecule has 1 heterocycles. The van der Waals surface area contributed by atoms with Gasteiger partial charge in [-0.25, -0.2) is 14.4 Å². The van der Waals surface area contributed by atoms with Crippen molar-refractivity contribution < 1.29 is 4.39 Å². The smallest absolute Gasteiger partial charge is 0.222 e. The van der Waals surface area contributed by atoms with Crippen molar-refractivity contribution in [2.24, 2.45) is 0 Å². The van der Waals surface area contributed by atoms with E-state index in [9.17, 15) is 4.39 Å². The number of nitrogens with zero attached hydrogens (tertiary/aromatic N) is 2. The Morgan fingerprint density at radius 2 is 1.94 bits per heavy atom. The van der Waals surface area contributed by atoms with Gasteiger partial charge in [-0.3, -0.25) is 0 Å². The molecule has 2 rings (SSSR count).